The van der Waals surface area contributed by atoms with Crippen molar-refractivity contribution >= 4 is 5.91 Å². The quantitative estimate of drug-likeness (QED) is 0.827. The average molecular weight is 287 g/mol. The fraction of sp³-hybridized carbons (Fsp3) is 0.500. The van der Waals surface area contributed by atoms with Gasteiger partial charge in [0.25, 0.3) is 5.91 Å². The summed E-state index contributed by atoms with van der Waals surface area (Å²) in [6, 6.07) is 3.57. The molecular weight excluding hydrogens is 266 g/mol. The molecule has 1 aromatic rings. The summed E-state index contributed by atoms with van der Waals surface area (Å²) in [5.41, 5.74) is 1.04. The van der Waals surface area contributed by atoms with E-state index in [0.717, 1.165) is 32.7 Å². The molecule has 0 atom stereocenters. The van der Waals surface area contributed by atoms with Gasteiger partial charge in [0.2, 0.25) is 0 Å². The number of aliphatic hydroxyl groups excluding tert-OH is 1. The first-order valence-electron chi connectivity index (χ1n) is 7.32. The summed E-state index contributed by atoms with van der Waals surface area (Å²) in [7, 11) is 0. The third-order valence-electron chi connectivity index (χ3n) is 3.58. The van der Waals surface area contributed by atoms with Crippen molar-refractivity contribution in [2.75, 3.05) is 39.3 Å². The lowest BCUT2D eigenvalue weighted by molar-refractivity contribution is 0.0637. The first-order valence-corrected chi connectivity index (χ1v) is 7.32. The number of aliphatic hydroxyl groups is 1. The molecule has 0 saturated carbocycles. The average Bonchev–Trinajstić information content (AvgIpc) is 2.55. The Kier molecular flexibility index (Phi) is 5.73. The molecule has 5 heteroatoms. The van der Waals surface area contributed by atoms with Crippen molar-refractivity contribution in [1.82, 2.24) is 14.8 Å². The Hall–Kier alpha value is -1.90. The number of rotatable bonds is 3. The van der Waals surface area contributed by atoms with Gasteiger partial charge in [-0.2, -0.15) is 0 Å². The van der Waals surface area contributed by atoms with Crippen LogP contribution < -0.4 is 0 Å². The first kappa shape index (κ1) is 15.5. The highest BCUT2D eigenvalue weighted by Gasteiger charge is 2.23. The molecular formula is C16H21N3O2. The van der Waals surface area contributed by atoms with Gasteiger partial charge in [0.1, 0.15) is 5.69 Å². The Bertz CT molecular complexity index is 540. The second-order valence-electron chi connectivity index (χ2n) is 4.90. The second kappa shape index (κ2) is 7.77. The summed E-state index contributed by atoms with van der Waals surface area (Å²) in [6.07, 6.45) is 2.02. The van der Waals surface area contributed by atoms with Crippen LogP contribution in [0.3, 0.4) is 0 Å². The van der Waals surface area contributed by atoms with Crippen molar-refractivity contribution in [3.8, 4) is 11.8 Å². The van der Waals surface area contributed by atoms with E-state index in [4.69, 9.17) is 5.11 Å². The summed E-state index contributed by atoms with van der Waals surface area (Å²) in [4.78, 5) is 20.9. The standard InChI is InChI=1S/C16H21N3O2/c1-2-18-9-11-19(12-10-18)16(21)15-14(6-3-4-13-20)7-5-8-17-15/h5,7-8,20H,2,4,9-13H2,1H3. The van der Waals surface area contributed by atoms with E-state index in [9.17, 15) is 4.79 Å². The van der Waals surface area contributed by atoms with Crippen molar-refractivity contribution in [2.24, 2.45) is 0 Å². The number of pyridine rings is 1. The van der Waals surface area contributed by atoms with Gasteiger partial charge in [-0.25, -0.2) is 4.98 Å². The zero-order valence-electron chi connectivity index (χ0n) is 12.4. The SMILES string of the molecule is CCN1CCN(C(=O)c2ncccc2C#CCCO)CC1. The van der Waals surface area contributed by atoms with Crippen molar-refractivity contribution in [2.45, 2.75) is 13.3 Å². The molecule has 0 aliphatic carbocycles. The highest BCUT2D eigenvalue weighted by atomic mass is 16.2. The molecule has 1 amide bonds. The Morgan fingerprint density at radius 1 is 1.38 bits per heavy atom. The van der Waals surface area contributed by atoms with E-state index in [2.05, 4.69) is 28.6 Å². The van der Waals surface area contributed by atoms with Crippen LogP contribution in [-0.2, 0) is 0 Å². The first-order chi connectivity index (χ1) is 10.3. The van der Waals surface area contributed by atoms with Crippen molar-refractivity contribution in [3.05, 3.63) is 29.6 Å². The maximum absolute atomic E-state index is 12.6. The molecule has 112 valence electrons. The van der Waals surface area contributed by atoms with Crippen molar-refractivity contribution in [3.63, 3.8) is 0 Å². The molecule has 21 heavy (non-hydrogen) atoms. The molecule has 1 fully saturated rings. The van der Waals surface area contributed by atoms with Crippen LogP contribution in [0.2, 0.25) is 0 Å². The van der Waals surface area contributed by atoms with Crippen LogP contribution in [-0.4, -0.2) is 65.1 Å². The van der Waals surface area contributed by atoms with Crippen LogP contribution in [0.5, 0.6) is 0 Å². The molecule has 2 rings (SSSR count). The largest absolute Gasteiger partial charge is 0.395 e. The van der Waals surface area contributed by atoms with E-state index < -0.39 is 0 Å². The van der Waals surface area contributed by atoms with E-state index in [-0.39, 0.29) is 12.5 Å². The van der Waals surface area contributed by atoms with Crippen molar-refractivity contribution in [1.29, 1.82) is 0 Å². The molecule has 0 bridgehead atoms. The van der Waals surface area contributed by atoms with Gasteiger partial charge in [-0.3, -0.25) is 4.79 Å². The number of amides is 1. The lowest BCUT2D eigenvalue weighted by Gasteiger charge is -2.33. The number of aromatic nitrogens is 1. The third kappa shape index (κ3) is 4.03. The highest BCUT2D eigenvalue weighted by molar-refractivity contribution is 5.94. The molecule has 1 N–H and O–H groups in total. The topological polar surface area (TPSA) is 56.7 Å². The summed E-state index contributed by atoms with van der Waals surface area (Å²) in [6.45, 7) is 6.44. The van der Waals surface area contributed by atoms with Crippen molar-refractivity contribution < 1.29 is 9.90 Å². The van der Waals surface area contributed by atoms with E-state index in [1.54, 1.807) is 18.3 Å². The third-order valence-corrected chi connectivity index (χ3v) is 3.58. The normalized spacial score (nSPS) is 15.4. The fourth-order valence-corrected chi connectivity index (χ4v) is 2.31. The molecule has 0 aromatic carbocycles. The molecule has 1 aromatic heterocycles. The number of carbonyl (C=O) groups is 1. The minimum Gasteiger partial charge on any atom is -0.395 e. The van der Waals surface area contributed by atoms with E-state index in [0.29, 0.717) is 17.7 Å². The summed E-state index contributed by atoms with van der Waals surface area (Å²) < 4.78 is 0. The van der Waals surface area contributed by atoms with Gasteiger partial charge < -0.3 is 14.9 Å². The van der Waals surface area contributed by atoms with Gasteiger partial charge >= 0.3 is 0 Å². The van der Waals surface area contributed by atoms with Gasteiger partial charge in [0.15, 0.2) is 0 Å². The number of hydrogen-bond donors (Lipinski definition) is 1. The van der Waals surface area contributed by atoms with E-state index >= 15 is 0 Å². The number of piperazine rings is 1. The number of nitrogens with zero attached hydrogens (tertiary/aromatic N) is 3. The van der Waals surface area contributed by atoms with Crippen LogP contribution in [0.4, 0.5) is 0 Å². The zero-order valence-corrected chi connectivity index (χ0v) is 12.4. The van der Waals surface area contributed by atoms with Gasteiger partial charge in [0.05, 0.1) is 12.2 Å². The van der Waals surface area contributed by atoms with Gasteiger partial charge in [-0.15, -0.1) is 0 Å². The predicted molar refractivity (Wildman–Crippen MR) is 80.8 cm³/mol. The number of carbonyl (C=O) groups excluding carboxylic acids is 1. The van der Waals surface area contributed by atoms with Crippen LogP contribution in [0.1, 0.15) is 29.4 Å². The van der Waals surface area contributed by atoms with Crippen LogP contribution >= 0.6 is 0 Å². The number of hydrogen-bond acceptors (Lipinski definition) is 4. The minimum absolute atomic E-state index is 0.0233. The maximum atomic E-state index is 12.6. The molecule has 0 radical (unpaired) electrons. The van der Waals surface area contributed by atoms with Crippen LogP contribution in [0.15, 0.2) is 18.3 Å². The Labute approximate surface area is 125 Å². The van der Waals surface area contributed by atoms with Crippen LogP contribution in [0.25, 0.3) is 0 Å². The minimum atomic E-state index is -0.0559. The Morgan fingerprint density at radius 3 is 2.81 bits per heavy atom. The Morgan fingerprint density at radius 2 is 2.14 bits per heavy atom. The van der Waals surface area contributed by atoms with E-state index in [1.165, 1.54) is 0 Å². The summed E-state index contributed by atoms with van der Waals surface area (Å²) >= 11 is 0. The lowest BCUT2D eigenvalue weighted by Crippen LogP contribution is -2.48. The van der Waals surface area contributed by atoms with Gasteiger partial charge in [-0.05, 0) is 18.7 Å². The molecule has 0 spiro atoms. The molecule has 0 unspecified atom stereocenters. The molecule has 1 saturated heterocycles. The fourth-order valence-electron chi connectivity index (χ4n) is 2.31. The predicted octanol–water partition coefficient (Wildman–Crippen LogP) is 0.593. The lowest BCUT2D eigenvalue weighted by atomic mass is 10.1. The molecule has 2 heterocycles. The summed E-state index contributed by atoms with van der Waals surface area (Å²) in [5, 5.41) is 8.78. The maximum Gasteiger partial charge on any atom is 0.273 e. The molecule has 1 aliphatic heterocycles. The zero-order chi connectivity index (χ0) is 15.1. The van der Waals surface area contributed by atoms with Crippen LogP contribution in [0, 0.1) is 11.8 Å². The molecule has 5 nitrogen and oxygen atoms in total. The second-order valence-corrected chi connectivity index (χ2v) is 4.90. The Balaban J connectivity index is 2.11. The monoisotopic (exact) mass is 287 g/mol. The molecule has 1 aliphatic rings. The van der Waals surface area contributed by atoms with Gasteiger partial charge in [0, 0.05) is 38.8 Å². The summed E-state index contributed by atoms with van der Waals surface area (Å²) in [5.74, 6) is 5.71. The smallest absolute Gasteiger partial charge is 0.273 e. The highest BCUT2D eigenvalue weighted by Crippen LogP contribution is 2.10. The van der Waals surface area contributed by atoms with Gasteiger partial charge in [-0.1, -0.05) is 18.8 Å². The number of likely N-dealkylation sites (N-methyl/N-ethyl adjacent to an activating group) is 1. The van der Waals surface area contributed by atoms with E-state index in [1.807, 2.05) is 4.90 Å².